The van der Waals surface area contributed by atoms with E-state index in [0.29, 0.717) is 22.5 Å². The highest BCUT2D eigenvalue weighted by Crippen LogP contribution is 2.46. The van der Waals surface area contributed by atoms with Gasteiger partial charge in [0, 0.05) is 6.04 Å². The molecule has 0 spiro atoms. The molecule has 6 nitrogen and oxygen atoms in total. The van der Waals surface area contributed by atoms with Crippen LogP contribution in [0, 0.1) is 10.8 Å². The third-order valence-corrected chi connectivity index (χ3v) is 4.20. The summed E-state index contributed by atoms with van der Waals surface area (Å²) < 4.78 is 0. The lowest BCUT2D eigenvalue weighted by Gasteiger charge is -2.45. The molecule has 0 unspecified atom stereocenters. The monoisotopic (exact) mass is 288 g/mol. The predicted octanol–water partition coefficient (Wildman–Crippen LogP) is 2.95. The second kappa shape index (κ2) is 4.58. The summed E-state index contributed by atoms with van der Waals surface area (Å²) in [5, 5.41) is 3.56. The summed E-state index contributed by atoms with van der Waals surface area (Å²) in [4.78, 5) is 15.7. The highest BCUT2D eigenvalue weighted by Gasteiger charge is 2.38. The van der Waals surface area contributed by atoms with Crippen LogP contribution in [0.3, 0.4) is 0 Å². The van der Waals surface area contributed by atoms with Crippen molar-refractivity contribution < 1.29 is 0 Å². The fourth-order valence-electron chi connectivity index (χ4n) is 4.10. The van der Waals surface area contributed by atoms with Crippen LogP contribution >= 0.6 is 0 Å². The molecule has 0 atom stereocenters. The van der Waals surface area contributed by atoms with Crippen LogP contribution in [0.5, 0.6) is 0 Å². The molecule has 2 aromatic rings. The maximum atomic E-state index is 5.78. The van der Waals surface area contributed by atoms with Crippen LogP contribution in [0.25, 0.3) is 11.2 Å². The number of nitrogens with one attached hydrogen (secondary N) is 2. The van der Waals surface area contributed by atoms with Crippen molar-refractivity contribution in [3.8, 4) is 0 Å². The van der Waals surface area contributed by atoms with E-state index in [4.69, 9.17) is 5.73 Å². The topological polar surface area (TPSA) is 92.5 Å². The Bertz CT molecular complexity index is 641. The number of imidazole rings is 1. The molecular formula is C15H24N6. The van der Waals surface area contributed by atoms with Gasteiger partial charge in [0.15, 0.2) is 11.5 Å². The fraction of sp³-hybridized carbons (Fsp3) is 0.667. The van der Waals surface area contributed by atoms with Crippen LogP contribution in [0.4, 0.5) is 11.8 Å². The van der Waals surface area contributed by atoms with E-state index in [1.54, 1.807) is 6.33 Å². The van der Waals surface area contributed by atoms with Crippen LogP contribution in [0.1, 0.15) is 47.0 Å². The van der Waals surface area contributed by atoms with E-state index in [-0.39, 0.29) is 5.95 Å². The Morgan fingerprint density at radius 1 is 1.19 bits per heavy atom. The first-order valence-electron chi connectivity index (χ1n) is 7.47. The average Bonchev–Trinajstić information content (AvgIpc) is 2.71. The van der Waals surface area contributed by atoms with Gasteiger partial charge in [-0.1, -0.05) is 27.7 Å². The van der Waals surface area contributed by atoms with Crippen LogP contribution in [-0.2, 0) is 0 Å². The van der Waals surface area contributed by atoms with Crippen molar-refractivity contribution in [2.24, 2.45) is 10.8 Å². The summed E-state index contributed by atoms with van der Waals surface area (Å²) in [6.45, 7) is 9.34. The largest absolute Gasteiger partial charge is 0.368 e. The number of nitrogen functional groups attached to an aromatic ring is 1. The molecule has 0 amide bonds. The maximum absolute atomic E-state index is 5.78. The minimum absolute atomic E-state index is 0.256. The molecule has 1 aliphatic carbocycles. The second-order valence-electron chi connectivity index (χ2n) is 7.79. The summed E-state index contributed by atoms with van der Waals surface area (Å²) in [7, 11) is 0. The average molecular weight is 288 g/mol. The Morgan fingerprint density at radius 3 is 2.52 bits per heavy atom. The van der Waals surface area contributed by atoms with Crippen molar-refractivity contribution >= 4 is 22.9 Å². The van der Waals surface area contributed by atoms with E-state index < -0.39 is 0 Å². The number of rotatable bonds is 2. The lowest BCUT2D eigenvalue weighted by molar-refractivity contribution is 0.105. The molecule has 0 radical (unpaired) electrons. The van der Waals surface area contributed by atoms with E-state index >= 15 is 0 Å². The number of H-pyrrole nitrogens is 1. The molecule has 2 aromatic heterocycles. The summed E-state index contributed by atoms with van der Waals surface area (Å²) in [6, 6.07) is 0.379. The normalized spacial score (nSPS) is 21.5. The van der Waals surface area contributed by atoms with Crippen molar-refractivity contribution in [3.05, 3.63) is 6.33 Å². The van der Waals surface area contributed by atoms with Gasteiger partial charge in [0.05, 0.1) is 6.33 Å². The summed E-state index contributed by atoms with van der Waals surface area (Å²) in [5.41, 5.74) is 7.86. The summed E-state index contributed by atoms with van der Waals surface area (Å²) >= 11 is 0. The zero-order valence-electron chi connectivity index (χ0n) is 13.2. The molecule has 1 fully saturated rings. The Labute approximate surface area is 125 Å². The molecule has 0 aromatic carbocycles. The molecule has 0 aliphatic heterocycles. The summed E-state index contributed by atoms with van der Waals surface area (Å²) in [6.07, 6.45) is 5.11. The zero-order valence-corrected chi connectivity index (χ0v) is 13.2. The van der Waals surface area contributed by atoms with Gasteiger partial charge in [-0.2, -0.15) is 9.97 Å². The minimum Gasteiger partial charge on any atom is -0.368 e. The Balaban J connectivity index is 1.89. The van der Waals surface area contributed by atoms with Crippen LogP contribution in [-0.4, -0.2) is 26.0 Å². The van der Waals surface area contributed by atoms with Gasteiger partial charge in [-0.3, -0.25) is 0 Å². The number of fused-ring (bicyclic) bond motifs is 1. The Kier molecular flexibility index (Phi) is 3.07. The molecule has 21 heavy (non-hydrogen) atoms. The molecule has 2 heterocycles. The van der Waals surface area contributed by atoms with Gasteiger partial charge in [-0.05, 0) is 30.1 Å². The number of hydrogen-bond donors (Lipinski definition) is 3. The van der Waals surface area contributed by atoms with Gasteiger partial charge in [-0.15, -0.1) is 0 Å². The van der Waals surface area contributed by atoms with Gasteiger partial charge in [0.2, 0.25) is 5.95 Å². The molecule has 1 saturated carbocycles. The van der Waals surface area contributed by atoms with Gasteiger partial charge in [-0.25, -0.2) is 4.98 Å². The highest BCUT2D eigenvalue weighted by molar-refractivity contribution is 5.83. The molecule has 0 saturated heterocycles. The van der Waals surface area contributed by atoms with Crippen molar-refractivity contribution in [3.63, 3.8) is 0 Å². The third kappa shape index (κ3) is 2.94. The lowest BCUT2D eigenvalue weighted by atomic mass is 9.63. The van der Waals surface area contributed by atoms with Crippen molar-refractivity contribution in [2.45, 2.75) is 53.0 Å². The number of aromatic amines is 1. The number of aromatic nitrogens is 4. The van der Waals surface area contributed by atoms with Crippen molar-refractivity contribution in [1.29, 1.82) is 0 Å². The molecule has 4 N–H and O–H groups in total. The van der Waals surface area contributed by atoms with Crippen molar-refractivity contribution in [1.82, 2.24) is 19.9 Å². The highest BCUT2D eigenvalue weighted by atomic mass is 15.1. The standard InChI is InChI=1S/C15H24N6/c1-14(2)5-9(6-15(3,4)7-14)19-12-10-11(18-8-17-10)20-13(16)21-12/h8-9H,5-7H2,1-4H3,(H4,16,17,18,19,20,21). The van der Waals surface area contributed by atoms with E-state index in [1.807, 2.05) is 0 Å². The van der Waals surface area contributed by atoms with Crippen LogP contribution in [0.15, 0.2) is 6.33 Å². The molecule has 3 rings (SSSR count). The quantitative estimate of drug-likeness (QED) is 0.790. The van der Waals surface area contributed by atoms with E-state index in [1.165, 1.54) is 6.42 Å². The first-order chi connectivity index (χ1) is 9.74. The molecule has 114 valence electrons. The Morgan fingerprint density at radius 2 is 1.86 bits per heavy atom. The van der Waals surface area contributed by atoms with Crippen LogP contribution < -0.4 is 11.1 Å². The predicted molar refractivity (Wildman–Crippen MR) is 84.9 cm³/mol. The van der Waals surface area contributed by atoms with Gasteiger partial charge in [0.25, 0.3) is 0 Å². The molecule has 1 aliphatic rings. The van der Waals surface area contributed by atoms with Gasteiger partial charge < -0.3 is 16.0 Å². The van der Waals surface area contributed by atoms with E-state index in [2.05, 4.69) is 52.9 Å². The smallest absolute Gasteiger partial charge is 0.224 e. The van der Waals surface area contributed by atoms with Gasteiger partial charge in [0.1, 0.15) is 5.52 Å². The number of hydrogen-bond acceptors (Lipinski definition) is 5. The van der Waals surface area contributed by atoms with E-state index in [9.17, 15) is 0 Å². The van der Waals surface area contributed by atoms with E-state index in [0.717, 1.165) is 24.2 Å². The number of nitrogens with zero attached hydrogens (tertiary/aromatic N) is 3. The maximum Gasteiger partial charge on any atom is 0.224 e. The third-order valence-electron chi connectivity index (χ3n) is 4.20. The number of anilines is 2. The Hall–Kier alpha value is -1.85. The SMILES string of the molecule is CC1(C)CC(Nc2nc(N)nc3nc[nH]c23)CC(C)(C)C1. The van der Waals surface area contributed by atoms with Crippen LogP contribution in [0.2, 0.25) is 0 Å². The molecular weight excluding hydrogens is 264 g/mol. The van der Waals surface area contributed by atoms with Gasteiger partial charge >= 0.3 is 0 Å². The summed E-state index contributed by atoms with van der Waals surface area (Å²) in [5.74, 6) is 1.01. The second-order valence-corrected chi connectivity index (χ2v) is 7.79. The minimum atomic E-state index is 0.256. The lowest BCUT2D eigenvalue weighted by Crippen LogP contribution is -2.40. The molecule has 0 bridgehead atoms. The first-order valence-corrected chi connectivity index (χ1v) is 7.47. The fourth-order valence-corrected chi connectivity index (χ4v) is 4.10. The van der Waals surface area contributed by atoms with Crippen molar-refractivity contribution in [2.75, 3.05) is 11.1 Å². The first kappa shape index (κ1) is 14.1. The number of nitrogens with two attached hydrogens (primary N) is 1. The zero-order chi connectivity index (χ0) is 15.3. The molecule has 6 heteroatoms.